The van der Waals surface area contributed by atoms with Gasteiger partial charge in [0.15, 0.2) is 0 Å². The Kier molecular flexibility index (Phi) is 9.79. The molecule has 58 heavy (non-hydrogen) atoms. The minimum Gasteiger partial charge on any atom is -0.310 e. The number of hydrogen-bond donors (Lipinski definition) is 0. The van der Waals surface area contributed by atoms with Crippen LogP contribution in [0.25, 0.3) is 21.2 Å². The zero-order chi connectivity index (χ0) is 41.4. The Balaban J connectivity index is 1.36. The van der Waals surface area contributed by atoms with Gasteiger partial charge in [0.1, 0.15) is 0 Å². The summed E-state index contributed by atoms with van der Waals surface area (Å²) in [5, 5.41) is 3.67. The van der Waals surface area contributed by atoms with Crippen molar-refractivity contribution in [2.75, 3.05) is 9.80 Å². The Hall–Kier alpha value is -5.12. The van der Waals surface area contributed by atoms with Crippen LogP contribution in [0.1, 0.15) is 116 Å². The quantitative estimate of drug-likeness (QED) is 0.159. The molecule has 0 spiro atoms. The van der Waals surface area contributed by atoms with E-state index in [2.05, 4.69) is 226 Å². The first-order valence-electron chi connectivity index (χ1n) is 21.1. The minimum absolute atomic E-state index is 0.0456. The molecule has 6 aromatic carbocycles. The van der Waals surface area contributed by atoms with E-state index in [-0.39, 0.29) is 21.7 Å². The van der Waals surface area contributed by atoms with Crippen LogP contribution in [0.5, 0.6) is 0 Å². The molecule has 0 saturated heterocycles. The molecule has 0 fully saturated rings. The van der Waals surface area contributed by atoms with Gasteiger partial charge in [0.05, 0.1) is 17.1 Å². The van der Waals surface area contributed by atoms with Crippen LogP contribution in [0.2, 0.25) is 0 Å². The van der Waals surface area contributed by atoms with Gasteiger partial charge < -0.3 is 9.80 Å². The summed E-state index contributed by atoms with van der Waals surface area (Å²) in [6, 6.07) is 48.6. The molecule has 0 aliphatic heterocycles. The summed E-state index contributed by atoms with van der Waals surface area (Å²) in [6.07, 6.45) is 0.859. The van der Waals surface area contributed by atoms with E-state index in [1.165, 1.54) is 71.7 Å². The molecule has 2 nitrogen and oxygen atoms in total. The van der Waals surface area contributed by atoms with Gasteiger partial charge in [-0.2, -0.15) is 0 Å². The number of fused-ring (bicyclic) bond motifs is 4. The minimum atomic E-state index is -0.0456. The second kappa shape index (κ2) is 14.3. The number of hydrogen-bond acceptors (Lipinski definition) is 3. The molecule has 1 aliphatic rings. The molecule has 0 atom stereocenters. The predicted octanol–water partition coefficient (Wildman–Crippen LogP) is 16.6. The molecule has 296 valence electrons. The van der Waals surface area contributed by atoms with Gasteiger partial charge in [0, 0.05) is 37.9 Å². The lowest BCUT2D eigenvalue weighted by molar-refractivity contribution is 0.590. The van der Waals surface area contributed by atoms with Gasteiger partial charge in [0.25, 0.3) is 0 Å². The molecule has 0 N–H and O–H groups in total. The smallest absolute Gasteiger partial charge is 0.0647 e. The van der Waals surface area contributed by atoms with Gasteiger partial charge >= 0.3 is 0 Å². The average molecular weight is 781 g/mol. The van der Waals surface area contributed by atoms with Crippen LogP contribution >= 0.6 is 11.3 Å². The van der Waals surface area contributed by atoms with Gasteiger partial charge in [-0.15, -0.1) is 11.3 Å². The molecule has 8 rings (SSSR count). The Morgan fingerprint density at radius 1 is 0.483 bits per heavy atom. The van der Waals surface area contributed by atoms with Crippen LogP contribution in [0.4, 0.5) is 34.1 Å². The van der Waals surface area contributed by atoms with Gasteiger partial charge in [-0.3, -0.25) is 0 Å². The Labute approximate surface area is 352 Å². The largest absolute Gasteiger partial charge is 0.310 e. The fourth-order valence-corrected chi connectivity index (χ4v) is 9.84. The molecule has 7 aromatic rings. The van der Waals surface area contributed by atoms with Crippen molar-refractivity contribution in [2.45, 2.75) is 111 Å². The van der Waals surface area contributed by atoms with E-state index in [9.17, 15) is 0 Å². The second-order valence-electron chi connectivity index (χ2n) is 19.9. The number of benzene rings is 6. The van der Waals surface area contributed by atoms with Crippen LogP contribution in [0.3, 0.4) is 0 Å². The number of anilines is 6. The first-order chi connectivity index (χ1) is 27.4. The van der Waals surface area contributed by atoms with Gasteiger partial charge in [0.2, 0.25) is 0 Å². The Bertz CT molecular complexity index is 2540. The van der Waals surface area contributed by atoms with Crippen LogP contribution < -0.4 is 9.80 Å². The summed E-state index contributed by atoms with van der Waals surface area (Å²) < 4.78 is 1.32. The van der Waals surface area contributed by atoms with Gasteiger partial charge in [-0.1, -0.05) is 150 Å². The monoisotopic (exact) mass is 780 g/mol. The van der Waals surface area contributed by atoms with Crippen LogP contribution in [0.15, 0.2) is 133 Å². The topological polar surface area (TPSA) is 6.48 Å². The molecule has 1 heterocycles. The zero-order valence-corrected chi connectivity index (χ0v) is 37.5. The van der Waals surface area contributed by atoms with E-state index in [4.69, 9.17) is 0 Å². The maximum absolute atomic E-state index is 2.54. The Morgan fingerprint density at radius 2 is 0.948 bits per heavy atom. The summed E-state index contributed by atoms with van der Waals surface area (Å²) in [6.45, 7) is 27.7. The van der Waals surface area contributed by atoms with Crippen molar-refractivity contribution in [2.24, 2.45) is 0 Å². The molecule has 0 unspecified atom stereocenters. The third-order valence-corrected chi connectivity index (χ3v) is 13.4. The standard InChI is InChI=1S/C55H60N2S/c1-13-42-48(56(39-27-21-36(22-28-39)52(2,3)4)40-29-23-37(24-30-40)53(5,6)7)19-16-20-49(42)57(41-31-25-38(26-32-41)54(8,9)10)50-35-58-51-34-47-44(33-45(50)51)43-17-14-15-18-46(43)55(47,11)12/h14-35H,13H2,1-12H3. The van der Waals surface area contributed by atoms with Crippen LogP contribution in [0, 0.1) is 0 Å². The SMILES string of the molecule is CCc1c(N(c2ccc(C(C)(C)C)cc2)c2ccc(C(C)(C)C)cc2)cccc1N(c1ccc(C(C)(C)C)cc1)c1csc2cc3c(cc12)-c1ccccc1C3(C)C. The lowest BCUT2D eigenvalue weighted by atomic mass is 9.82. The molecule has 0 amide bonds. The first-order valence-corrected chi connectivity index (χ1v) is 22.0. The third-order valence-electron chi connectivity index (χ3n) is 12.4. The lowest BCUT2D eigenvalue weighted by Gasteiger charge is -2.33. The average Bonchev–Trinajstić information content (AvgIpc) is 3.69. The maximum Gasteiger partial charge on any atom is 0.0647 e. The van der Waals surface area contributed by atoms with Crippen LogP contribution in [-0.2, 0) is 28.1 Å². The highest BCUT2D eigenvalue weighted by Crippen LogP contribution is 2.53. The van der Waals surface area contributed by atoms with Crippen molar-refractivity contribution in [1.29, 1.82) is 0 Å². The van der Waals surface area contributed by atoms with Crippen LogP contribution in [-0.4, -0.2) is 0 Å². The fourth-order valence-electron chi connectivity index (χ4n) is 8.89. The van der Waals surface area contributed by atoms with E-state index in [0.717, 1.165) is 23.5 Å². The maximum atomic E-state index is 2.54. The predicted molar refractivity (Wildman–Crippen MR) is 254 cm³/mol. The van der Waals surface area contributed by atoms with Gasteiger partial charge in [-0.25, -0.2) is 0 Å². The molecule has 0 saturated carbocycles. The van der Waals surface area contributed by atoms with Crippen molar-refractivity contribution >= 4 is 55.5 Å². The number of thiophene rings is 1. The number of nitrogens with zero attached hydrogens (tertiary/aromatic N) is 2. The molecule has 1 aromatic heterocycles. The van der Waals surface area contributed by atoms with Crippen molar-refractivity contribution in [1.82, 2.24) is 0 Å². The zero-order valence-electron chi connectivity index (χ0n) is 36.7. The molecule has 3 heteroatoms. The summed E-state index contributed by atoms with van der Waals surface area (Å²) >= 11 is 1.86. The van der Waals surface area contributed by atoms with Crippen molar-refractivity contribution in [3.05, 3.63) is 166 Å². The van der Waals surface area contributed by atoms with E-state index in [0.29, 0.717) is 0 Å². The number of rotatable bonds is 7. The summed E-state index contributed by atoms with van der Waals surface area (Å²) in [5.74, 6) is 0. The van der Waals surface area contributed by atoms with Crippen molar-refractivity contribution in [3.8, 4) is 11.1 Å². The normalized spacial score (nSPS) is 13.7. The van der Waals surface area contributed by atoms with Crippen molar-refractivity contribution in [3.63, 3.8) is 0 Å². The van der Waals surface area contributed by atoms with Crippen molar-refractivity contribution < 1.29 is 0 Å². The van der Waals surface area contributed by atoms with E-state index < -0.39 is 0 Å². The summed E-state index contributed by atoms with van der Waals surface area (Å²) in [4.78, 5) is 5.01. The highest BCUT2D eigenvalue weighted by Gasteiger charge is 2.36. The third kappa shape index (κ3) is 6.96. The van der Waals surface area contributed by atoms with E-state index >= 15 is 0 Å². The molecule has 0 bridgehead atoms. The summed E-state index contributed by atoms with van der Waals surface area (Å²) in [7, 11) is 0. The fraction of sp³-hybridized carbons (Fsp3) is 0.309. The molecule has 0 radical (unpaired) electrons. The second-order valence-corrected chi connectivity index (χ2v) is 20.8. The Morgan fingerprint density at radius 3 is 1.43 bits per heavy atom. The highest BCUT2D eigenvalue weighted by atomic mass is 32.1. The molecular weight excluding hydrogens is 721 g/mol. The first kappa shape index (κ1) is 39.7. The molecular formula is C55H60N2S. The summed E-state index contributed by atoms with van der Waals surface area (Å²) in [5.41, 5.74) is 18.0. The van der Waals surface area contributed by atoms with E-state index in [1.54, 1.807) is 0 Å². The molecule has 1 aliphatic carbocycles. The lowest BCUT2D eigenvalue weighted by Crippen LogP contribution is -2.18. The van der Waals surface area contributed by atoms with Gasteiger partial charge in [-0.05, 0) is 128 Å². The highest BCUT2D eigenvalue weighted by molar-refractivity contribution is 7.17. The van der Waals surface area contributed by atoms with E-state index in [1.807, 2.05) is 11.3 Å².